The maximum atomic E-state index is 5.88. The number of rotatable bonds is 6. The molecule has 0 radical (unpaired) electrons. The van der Waals surface area contributed by atoms with Crippen molar-refractivity contribution < 1.29 is 14.2 Å². The summed E-state index contributed by atoms with van der Waals surface area (Å²) in [6.45, 7) is 6.76. The van der Waals surface area contributed by atoms with Crippen LogP contribution in [-0.4, -0.2) is 33.7 Å². The van der Waals surface area contributed by atoms with Gasteiger partial charge in [-0.3, -0.25) is 0 Å². The van der Waals surface area contributed by atoms with Gasteiger partial charge in [0.05, 0.1) is 20.6 Å². The van der Waals surface area contributed by atoms with Crippen molar-refractivity contribution in [1.82, 2.24) is 0 Å². The summed E-state index contributed by atoms with van der Waals surface area (Å²) in [7, 11) is 4.41. The molecule has 1 aromatic heterocycles. The number of benzene rings is 1. The molecule has 2 N–H and O–H groups in total. The summed E-state index contributed by atoms with van der Waals surface area (Å²) in [5, 5.41) is 1.21. The highest BCUT2D eigenvalue weighted by atomic mass is 16.3. The number of furan rings is 1. The number of para-hydroxylation sites is 1. The molecule has 0 fully saturated rings. The van der Waals surface area contributed by atoms with E-state index in [2.05, 4.69) is 39.2 Å². The first kappa shape index (κ1) is 13.1. The molecular formula is C15H24N2O+2. The van der Waals surface area contributed by atoms with Crippen molar-refractivity contribution in [1.29, 1.82) is 0 Å². The maximum absolute atomic E-state index is 5.88. The highest BCUT2D eigenvalue weighted by Gasteiger charge is 2.12. The molecule has 98 valence electrons. The zero-order valence-electron chi connectivity index (χ0n) is 11.6. The Morgan fingerprint density at radius 3 is 2.56 bits per heavy atom. The smallest absolute Gasteiger partial charge is 0.159 e. The minimum Gasteiger partial charge on any atom is -0.455 e. The number of fused-ring (bicyclic) bond motifs is 1. The van der Waals surface area contributed by atoms with E-state index in [1.54, 1.807) is 4.90 Å². The van der Waals surface area contributed by atoms with Gasteiger partial charge in [0.2, 0.25) is 0 Å². The zero-order chi connectivity index (χ0) is 13.0. The second-order valence-corrected chi connectivity index (χ2v) is 5.24. The summed E-state index contributed by atoms with van der Waals surface area (Å²) in [5.74, 6) is 1.10. The number of hydrogen-bond donors (Lipinski definition) is 2. The molecule has 1 unspecified atom stereocenters. The zero-order valence-corrected chi connectivity index (χ0v) is 11.6. The Bertz CT molecular complexity index is 457. The molecule has 0 saturated heterocycles. The van der Waals surface area contributed by atoms with Gasteiger partial charge in [0.25, 0.3) is 0 Å². The maximum Gasteiger partial charge on any atom is 0.159 e. The van der Waals surface area contributed by atoms with Crippen LogP contribution in [0.5, 0.6) is 0 Å². The average molecular weight is 248 g/mol. The summed E-state index contributed by atoms with van der Waals surface area (Å²) in [4.78, 5) is 3.08. The number of likely N-dealkylation sites (N-methyl/N-ethyl adjacent to an activating group) is 2. The van der Waals surface area contributed by atoms with Crippen molar-refractivity contribution in [3.05, 3.63) is 36.1 Å². The molecule has 0 saturated carbocycles. The van der Waals surface area contributed by atoms with E-state index in [0.717, 1.165) is 24.4 Å². The number of hydrogen-bond acceptors (Lipinski definition) is 1. The van der Waals surface area contributed by atoms with Crippen LogP contribution in [0.25, 0.3) is 11.0 Å². The van der Waals surface area contributed by atoms with Gasteiger partial charge in [-0.1, -0.05) is 18.2 Å². The molecule has 2 rings (SSSR count). The van der Waals surface area contributed by atoms with Crippen LogP contribution in [0.1, 0.15) is 12.7 Å². The van der Waals surface area contributed by atoms with Crippen molar-refractivity contribution in [2.45, 2.75) is 13.5 Å². The number of nitrogens with one attached hydrogen (secondary N) is 2. The van der Waals surface area contributed by atoms with Gasteiger partial charge in [0.15, 0.2) is 5.76 Å². The minimum absolute atomic E-state index is 0.985. The molecule has 0 aliphatic carbocycles. The molecule has 0 aliphatic rings. The molecule has 0 bridgehead atoms. The van der Waals surface area contributed by atoms with Gasteiger partial charge >= 0.3 is 0 Å². The summed E-state index contributed by atoms with van der Waals surface area (Å²) in [5.41, 5.74) is 1.00. The van der Waals surface area contributed by atoms with Gasteiger partial charge in [0, 0.05) is 5.39 Å². The van der Waals surface area contributed by atoms with Crippen molar-refractivity contribution in [2.24, 2.45) is 0 Å². The molecule has 0 amide bonds. The van der Waals surface area contributed by atoms with Crippen LogP contribution in [0, 0.1) is 0 Å². The van der Waals surface area contributed by atoms with Crippen LogP contribution in [0.15, 0.2) is 34.7 Å². The first-order valence-corrected chi connectivity index (χ1v) is 6.79. The van der Waals surface area contributed by atoms with E-state index in [-0.39, 0.29) is 0 Å². The summed E-state index contributed by atoms with van der Waals surface area (Å²) in [6, 6.07) is 10.4. The molecule has 1 heterocycles. The van der Waals surface area contributed by atoms with E-state index in [4.69, 9.17) is 4.42 Å². The predicted octanol–water partition coefficient (Wildman–Crippen LogP) is -0.0179. The molecule has 1 aromatic carbocycles. The molecule has 1 atom stereocenters. The lowest BCUT2D eigenvalue weighted by molar-refractivity contribution is -0.950. The Labute approximate surface area is 109 Å². The minimum atomic E-state index is 0.985. The third kappa shape index (κ3) is 3.34. The Hall–Kier alpha value is -1.32. The second kappa shape index (κ2) is 6.03. The van der Waals surface area contributed by atoms with E-state index in [0.29, 0.717) is 0 Å². The van der Waals surface area contributed by atoms with Gasteiger partial charge < -0.3 is 14.2 Å². The van der Waals surface area contributed by atoms with Crippen molar-refractivity contribution >= 4 is 11.0 Å². The van der Waals surface area contributed by atoms with Crippen LogP contribution >= 0.6 is 0 Å². The van der Waals surface area contributed by atoms with Crippen LogP contribution in [0.2, 0.25) is 0 Å². The van der Waals surface area contributed by atoms with Crippen LogP contribution < -0.4 is 9.80 Å². The first-order valence-electron chi connectivity index (χ1n) is 6.79. The van der Waals surface area contributed by atoms with Gasteiger partial charge in [-0.05, 0) is 19.1 Å². The standard InChI is InChI=1S/C15H22N2O/c1-4-17(10-9-16(2)3)12-14-11-13-7-5-6-8-15(13)18-14/h5-8,11H,4,9-10,12H2,1-3H3/p+2. The van der Waals surface area contributed by atoms with Gasteiger partial charge in [-0.25, -0.2) is 0 Å². The SMILES string of the molecule is CC[NH+](CC[NH+](C)C)Cc1cc2ccccc2o1. The summed E-state index contributed by atoms with van der Waals surface area (Å²) in [6.07, 6.45) is 0. The molecular weight excluding hydrogens is 224 g/mol. The molecule has 0 aliphatic heterocycles. The Kier molecular flexibility index (Phi) is 4.39. The lowest BCUT2D eigenvalue weighted by Gasteiger charge is -2.17. The molecule has 0 spiro atoms. The second-order valence-electron chi connectivity index (χ2n) is 5.24. The van der Waals surface area contributed by atoms with Crippen molar-refractivity contribution in [3.8, 4) is 0 Å². The van der Waals surface area contributed by atoms with Crippen LogP contribution in [0.4, 0.5) is 0 Å². The molecule has 3 heteroatoms. The third-order valence-corrected chi connectivity index (χ3v) is 3.38. The lowest BCUT2D eigenvalue weighted by atomic mass is 10.2. The van der Waals surface area contributed by atoms with E-state index >= 15 is 0 Å². The Morgan fingerprint density at radius 1 is 1.11 bits per heavy atom. The van der Waals surface area contributed by atoms with E-state index in [1.165, 1.54) is 23.4 Å². The highest BCUT2D eigenvalue weighted by Crippen LogP contribution is 2.17. The van der Waals surface area contributed by atoms with Crippen LogP contribution in [-0.2, 0) is 6.54 Å². The first-order chi connectivity index (χ1) is 8.69. The van der Waals surface area contributed by atoms with Crippen molar-refractivity contribution in [3.63, 3.8) is 0 Å². The fraction of sp³-hybridized carbons (Fsp3) is 0.467. The normalized spacial score (nSPS) is 13.3. The quantitative estimate of drug-likeness (QED) is 0.737. The molecule has 3 nitrogen and oxygen atoms in total. The fourth-order valence-electron chi connectivity index (χ4n) is 2.19. The Balaban J connectivity index is 2.02. The van der Waals surface area contributed by atoms with E-state index < -0.39 is 0 Å². The predicted molar refractivity (Wildman–Crippen MR) is 74.0 cm³/mol. The van der Waals surface area contributed by atoms with Gasteiger partial charge in [0.1, 0.15) is 25.2 Å². The van der Waals surface area contributed by atoms with Gasteiger partial charge in [-0.15, -0.1) is 0 Å². The topological polar surface area (TPSA) is 22.0 Å². The Morgan fingerprint density at radius 2 is 1.89 bits per heavy atom. The largest absolute Gasteiger partial charge is 0.455 e. The fourth-order valence-corrected chi connectivity index (χ4v) is 2.19. The molecule has 2 aromatic rings. The lowest BCUT2D eigenvalue weighted by Crippen LogP contribution is -3.17. The monoisotopic (exact) mass is 248 g/mol. The summed E-state index contributed by atoms with van der Waals surface area (Å²) < 4.78 is 5.88. The van der Waals surface area contributed by atoms with Gasteiger partial charge in [-0.2, -0.15) is 0 Å². The van der Waals surface area contributed by atoms with Crippen molar-refractivity contribution in [2.75, 3.05) is 33.7 Å². The van der Waals surface area contributed by atoms with E-state index in [1.807, 2.05) is 12.1 Å². The molecule has 18 heavy (non-hydrogen) atoms. The van der Waals surface area contributed by atoms with E-state index in [9.17, 15) is 0 Å². The number of quaternary nitrogens is 2. The summed E-state index contributed by atoms with van der Waals surface area (Å²) >= 11 is 0. The highest BCUT2D eigenvalue weighted by molar-refractivity contribution is 5.77. The van der Waals surface area contributed by atoms with Crippen LogP contribution in [0.3, 0.4) is 0 Å². The third-order valence-electron chi connectivity index (χ3n) is 3.38. The average Bonchev–Trinajstić information content (AvgIpc) is 2.76.